The van der Waals surface area contributed by atoms with Crippen LogP contribution in [0.15, 0.2) is 72.9 Å². The average molecular weight is 757 g/mol. The third-order valence-corrected chi connectivity index (χ3v) is 16.2. The van der Waals surface area contributed by atoms with Crippen LogP contribution >= 0.6 is 11.6 Å². The van der Waals surface area contributed by atoms with Crippen LogP contribution in [-0.2, 0) is 39.4 Å². The second-order valence-electron chi connectivity index (χ2n) is 15.2. The van der Waals surface area contributed by atoms with Gasteiger partial charge in [0.25, 0.3) is 5.91 Å². The zero-order chi connectivity index (χ0) is 37.3. The van der Waals surface area contributed by atoms with E-state index in [0.29, 0.717) is 37.5 Å². The van der Waals surface area contributed by atoms with Gasteiger partial charge in [-0.25, -0.2) is 0 Å². The second kappa shape index (κ2) is 15.3. The summed E-state index contributed by atoms with van der Waals surface area (Å²) < 4.78 is 14.5. The van der Waals surface area contributed by atoms with Crippen LogP contribution in [-0.4, -0.2) is 72.9 Å². The number of aliphatic hydroxyl groups excluding tert-OH is 1. The highest BCUT2D eigenvalue weighted by atomic mass is 35.5. The molecule has 0 saturated carbocycles. The number of fused-ring (bicyclic) bond motifs is 2. The topological polar surface area (TPSA) is 131 Å². The van der Waals surface area contributed by atoms with Crippen LogP contribution in [0.25, 0.3) is 0 Å². The van der Waals surface area contributed by atoms with Crippen molar-refractivity contribution in [3.05, 3.63) is 94.8 Å². The van der Waals surface area contributed by atoms with Gasteiger partial charge in [-0.15, -0.1) is 5.10 Å². The van der Waals surface area contributed by atoms with Gasteiger partial charge in [0.15, 0.2) is 5.60 Å². The minimum absolute atomic E-state index is 0.00775. The number of halogens is 1. The van der Waals surface area contributed by atoms with E-state index in [1.807, 2.05) is 65.7 Å². The lowest BCUT2D eigenvalue weighted by Crippen LogP contribution is -2.51. The molecule has 11 nitrogen and oxygen atoms in total. The molecular weight excluding hydrogens is 708 g/mol. The Morgan fingerprint density at radius 1 is 1.15 bits per heavy atom. The van der Waals surface area contributed by atoms with Crippen molar-refractivity contribution in [2.75, 3.05) is 37.0 Å². The standard InChI is InChI=1S/C40H49ClN6O5Si/c1-26-37(53(3,4)33-14-12-32(51-2)13-15-33)36(17-20-46-25-31(18-21-48)44-45-46)52-40(26)34-22-29(41)9-16-35(34)47(39(40)50)24-27-7-10-30(11-8-27)43-38(49)28-6-5-19-42-23-28/h7-16,22,25-26,28,36-37,42,48H,5-6,17-21,23-24H2,1-4H3,(H,43,49)/t26-,28?,36+,37-,40+/m0/s1. The van der Waals surface area contributed by atoms with Crippen molar-refractivity contribution in [3.8, 4) is 5.75 Å². The fourth-order valence-electron chi connectivity index (χ4n) is 8.85. The fourth-order valence-corrected chi connectivity index (χ4v) is 13.1. The summed E-state index contributed by atoms with van der Waals surface area (Å²) in [4.78, 5) is 29.8. The van der Waals surface area contributed by atoms with E-state index in [-0.39, 0.29) is 41.9 Å². The van der Waals surface area contributed by atoms with Gasteiger partial charge in [0, 0.05) is 54.5 Å². The zero-order valence-electron chi connectivity index (χ0n) is 30.8. The van der Waals surface area contributed by atoms with Gasteiger partial charge >= 0.3 is 0 Å². The molecule has 280 valence electrons. The van der Waals surface area contributed by atoms with Gasteiger partial charge in [-0.1, -0.05) is 66.3 Å². The number of hydrogen-bond acceptors (Lipinski definition) is 8. The summed E-state index contributed by atoms with van der Waals surface area (Å²) in [5.74, 6) is 0.513. The normalized spacial score (nSPS) is 24.1. The summed E-state index contributed by atoms with van der Waals surface area (Å²) >= 11 is 6.70. The summed E-state index contributed by atoms with van der Waals surface area (Å²) in [5, 5.41) is 26.1. The van der Waals surface area contributed by atoms with Gasteiger partial charge in [-0.3, -0.25) is 14.3 Å². The van der Waals surface area contributed by atoms with Gasteiger partial charge in [0.2, 0.25) is 5.91 Å². The maximum Gasteiger partial charge on any atom is 0.264 e. The molecule has 4 heterocycles. The lowest BCUT2D eigenvalue weighted by Gasteiger charge is -2.37. The Labute approximate surface area is 317 Å². The number of carbonyl (C=O) groups is 2. The van der Waals surface area contributed by atoms with Crippen molar-refractivity contribution in [2.24, 2.45) is 11.8 Å². The fraction of sp³-hybridized carbons (Fsp3) is 0.450. The number of piperidine rings is 1. The number of nitrogens with one attached hydrogen (secondary N) is 2. The van der Waals surface area contributed by atoms with Crippen molar-refractivity contribution in [1.29, 1.82) is 0 Å². The molecule has 7 rings (SSSR count). The number of benzene rings is 3. The second-order valence-corrected chi connectivity index (χ2v) is 20.3. The van der Waals surface area contributed by atoms with Crippen LogP contribution in [0, 0.1) is 11.8 Å². The van der Waals surface area contributed by atoms with E-state index in [1.54, 1.807) is 11.8 Å². The van der Waals surface area contributed by atoms with Gasteiger partial charge in [0.1, 0.15) is 5.75 Å². The van der Waals surface area contributed by atoms with Gasteiger partial charge < -0.3 is 30.1 Å². The maximum atomic E-state index is 15.1. The minimum Gasteiger partial charge on any atom is -0.497 e. The summed E-state index contributed by atoms with van der Waals surface area (Å²) in [6, 6.07) is 21.7. The highest BCUT2D eigenvalue weighted by Crippen LogP contribution is 2.60. The van der Waals surface area contributed by atoms with Gasteiger partial charge in [-0.05, 0) is 79.4 Å². The van der Waals surface area contributed by atoms with Crippen LogP contribution in [0.3, 0.4) is 0 Å². The Morgan fingerprint density at radius 2 is 1.92 bits per heavy atom. The predicted octanol–water partition coefficient (Wildman–Crippen LogP) is 5.27. The molecular formula is C40H49ClN6O5Si. The van der Waals surface area contributed by atoms with Crippen molar-refractivity contribution in [1.82, 2.24) is 20.3 Å². The molecule has 1 spiro atoms. The number of hydrogen-bond donors (Lipinski definition) is 3. The van der Waals surface area contributed by atoms with E-state index in [9.17, 15) is 9.90 Å². The lowest BCUT2D eigenvalue weighted by molar-refractivity contribution is -0.146. The molecule has 1 aromatic heterocycles. The van der Waals surface area contributed by atoms with Crippen LogP contribution in [0.5, 0.6) is 5.75 Å². The number of amides is 2. The molecule has 0 aliphatic carbocycles. The first kappa shape index (κ1) is 37.3. The molecule has 3 N–H and O–H groups in total. The monoisotopic (exact) mass is 756 g/mol. The molecule has 2 amide bonds. The van der Waals surface area contributed by atoms with Crippen LogP contribution in [0.2, 0.25) is 23.7 Å². The number of ether oxygens (including phenoxy) is 2. The van der Waals surface area contributed by atoms with Crippen molar-refractivity contribution in [3.63, 3.8) is 0 Å². The largest absolute Gasteiger partial charge is 0.497 e. The van der Waals surface area contributed by atoms with Crippen LogP contribution in [0.4, 0.5) is 11.4 Å². The van der Waals surface area contributed by atoms with Gasteiger partial charge in [0.05, 0.1) is 45.1 Å². The molecule has 2 saturated heterocycles. The van der Waals surface area contributed by atoms with Crippen molar-refractivity contribution >= 4 is 48.1 Å². The number of anilines is 2. The Balaban J connectivity index is 1.19. The maximum absolute atomic E-state index is 15.1. The van der Waals surface area contributed by atoms with Crippen LogP contribution < -0.4 is 25.5 Å². The zero-order valence-corrected chi connectivity index (χ0v) is 32.6. The SMILES string of the molecule is COc1ccc([Si](C)(C)[C@@H]2[C@@H](CCn3cc(CCO)nn3)O[C@]3(C(=O)N(Cc4ccc(NC(=O)C5CCCNC5)cc4)c4ccc(Cl)cc43)[C@H]2C)cc1. The van der Waals surface area contributed by atoms with Crippen molar-refractivity contribution in [2.45, 2.75) is 76.0 Å². The Hall–Kier alpha value is -4.07. The molecule has 13 heteroatoms. The highest BCUT2D eigenvalue weighted by Gasteiger charge is 2.66. The molecule has 2 fully saturated rings. The quantitative estimate of drug-likeness (QED) is 0.167. The minimum atomic E-state index is -2.34. The van der Waals surface area contributed by atoms with E-state index in [2.05, 4.69) is 53.1 Å². The van der Waals surface area contributed by atoms with E-state index >= 15 is 4.79 Å². The number of carbonyl (C=O) groups excluding carboxylic acids is 2. The predicted molar refractivity (Wildman–Crippen MR) is 208 cm³/mol. The highest BCUT2D eigenvalue weighted by molar-refractivity contribution is 6.91. The molecule has 0 radical (unpaired) electrons. The number of rotatable bonds is 12. The summed E-state index contributed by atoms with van der Waals surface area (Å²) in [6.45, 7) is 9.44. The average Bonchev–Trinajstić information content (AvgIpc) is 3.81. The molecule has 4 aromatic rings. The molecule has 3 aromatic carbocycles. The third-order valence-electron chi connectivity index (χ3n) is 11.6. The van der Waals surface area contributed by atoms with E-state index in [4.69, 9.17) is 21.1 Å². The molecule has 53 heavy (non-hydrogen) atoms. The molecule has 1 unspecified atom stereocenters. The Morgan fingerprint density at radius 3 is 2.62 bits per heavy atom. The first-order valence-electron chi connectivity index (χ1n) is 18.6. The Bertz CT molecular complexity index is 1930. The van der Waals surface area contributed by atoms with E-state index in [0.717, 1.165) is 53.3 Å². The van der Waals surface area contributed by atoms with Gasteiger partial charge in [-0.2, -0.15) is 0 Å². The smallest absolute Gasteiger partial charge is 0.264 e. The summed E-state index contributed by atoms with van der Waals surface area (Å²) in [5.41, 5.74) is 2.81. The summed E-state index contributed by atoms with van der Waals surface area (Å²) in [7, 11) is -0.672. The number of aryl methyl sites for hydroxylation is 1. The van der Waals surface area contributed by atoms with Crippen molar-refractivity contribution < 1.29 is 24.2 Å². The summed E-state index contributed by atoms with van der Waals surface area (Å²) in [6.07, 6.45) is 4.54. The number of aromatic nitrogens is 3. The van der Waals surface area contributed by atoms with E-state index in [1.165, 1.54) is 5.19 Å². The number of methoxy groups -OCH3 is 1. The molecule has 0 bridgehead atoms. The molecule has 5 atom stereocenters. The third kappa shape index (κ3) is 7.15. The first-order valence-corrected chi connectivity index (χ1v) is 22.1. The first-order chi connectivity index (χ1) is 25.5. The van der Waals surface area contributed by atoms with Crippen LogP contribution in [0.1, 0.15) is 43.0 Å². The number of nitrogens with zero attached hydrogens (tertiary/aromatic N) is 4. The molecule has 3 aliphatic heterocycles. The van der Waals surface area contributed by atoms with E-state index < -0.39 is 13.7 Å². The Kier molecular flexibility index (Phi) is 10.8. The number of aliphatic hydroxyl groups is 1. The lowest BCUT2D eigenvalue weighted by atomic mass is 9.82. The molecule has 3 aliphatic rings.